The Labute approximate surface area is 176 Å². The summed E-state index contributed by atoms with van der Waals surface area (Å²) in [6.45, 7) is 2.66. The van der Waals surface area contributed by atoms with Gasteiger partial charge in [-0.15, -0.1) is 0 Å². The van der Waals surface area contributed by atoms with Gasteiger partial charge in [0.05, 0.1) is 32.0 Å². The number of ether oxygens (including phenoxy) is 2. The van der Waals surface area contributed by atoms with Crippen LogP contribution >= 0.6 is 11.3 Å². The first-order valence-electron chi connectivity index (χ1n) is 9.23. The van der Waals surface area contributed by atoms with E-state index in [1.165, 1.54) is 18.4 Å². The van der Waals surface area contributed by atoms with E-state index in [0.29, 0.717) is 47.5 Å². The normalized spacial score (nSPS) is 13.0. The number of amides is 2. The summed E-state index contributed by atoms with van der Waals surface area (Å²) in [5, 5.41) is 6.93. The van der Waals surface area contributed by atoms with Gasteiger partial charge in [-0.1, -0.05) is 16.5 Å². The Morgan fingerprint density at radius 1 is 1.23 bits per heavy atom. The maximum absolute atomic E-state index is 13.1. The van der Waals surface area contributed by atoms with Gasteiger partial charge in [0.1, 0.15) is 17.3 Å². The van der Waals surface area contributed by atoms with Crippen molar-refractivity contribution in [1.82, 2.24) is 15.0 Å². The highest BCUT2D eigenvalue weighted by molar-refractivity contribution is 7.15. The van der Waals surface area contributed by atoms with E-state index < -0.39 is 0 Å². The molecule has 4 rings (SSSR count). The van der Waals surface area contributed by atoms with Crippen LogP contribution in [0.2, 0.25) is 0 Å². The first-order chi connectivity index (χ1) is 14.5. The Balaban J connectivity index is 1.49. The van der Waals surface area contributed by atoms with E-state index >= 15 is 0 Å². The summed E-state index contributed by atoms with van der Waals surface area (Å²) in [6.07, 6.45) is 0.606. The van der Waals surface area contributed by atoms with Crippen molar-refractivity contribution in [3.05, 3.63) is 51.9 Å². The highest BCUT2D eigenvalue weighted by atomic mass is 32.1. The van der Waals surface area contributed by atoms with Crippen molar-refractivity contribution >= 4 is 28.3 Å². The fraction of sp³-hybridized carbons (Fsp3) is 0.300. The van der Waals surface area contributed by atoms with Crippen molar-refractivity contribution in [2.24, 2.45) is 0 Å². The molecule has 0 fully saturated rings. The number of hydrogen-bond acceptors (Lipinski definition) is 8. The van der Waals surface area contributed by atoms with Crippen molar-refractivity contribution in [1.29, 1.82) is 0 Å². The van der Waals surface area contributed by atoms with Crippen molar-refractivity contribution < 1.29 is 23.6 Å². The number of carbonyl (C=O) groups excluding carboxylic acids is 2. The average Bonchev–Trinajstić information content (AvgIpc) is 3.37. The lowest BCUT2D eigenvalue weighted by Gasteiger charge is -2.26. The van der Waals surface area contributed by atoms with Gasteiger partial charge >= 0.3 is 0 Å². The number of carbonyl (C=O) groups is 2. The monoisotopic (exact) mass is 428 g/mol. The molecular weight excluding hydrogens is 408 g/mol. The molecule has 156 valence electrons. The first-order valence-corrected chi connectivity index (χ1v) is 10.0. The molecule has 1 aliphatic heterocycles. The number of nitrogens with one attached hydrogen (secondary N) is 1. The maximum Gasteiger partial charge on any atom is 0.279 e. The molecule has 1 N–H and O–H groups in total. The largest absolute Gasteiger partial charge is 0.497 e. The third-order valence-corrected chi connectivity index (χ3v) is 5.74. The summed E-state index contributed by atoms with van der Waals surface area (Å²) in [7, 11) is 3.08. The van der Waals surface area contributed by atoms with Gasteiger partial charge < -0.3 is 18.9 Å². The van der Waals surface area contributed by atoms with Crippen LogP contribution in [0.5, 0.6) is 11.5 Å². The molecule has 0 unspecified atom stereocenters. The zero-order valence-electron chi connectivity index (χ0n) is 16.7. The van der Waals surface area contributed by atoms with Crippen LogP contribution in [-0.4, -0.2) is 47.6 Å². The van der Waals surface area contributed by atoms with Crippen molar-refractivity contribution in [2.45, 2.75) is 19.9 Å². The second-order valence-electron chi connectivity index (χ2n) is 6.71. The Hall–Kier alpha value is -3.40. The molecule has 3 aromatic rings. The third kappa shape index (κ3) is 3.86. The highest BCUT2D eigenvalue weighted by Gasteiger charge is 2.27. The number of nitrogens with zero attached hydrogens (tertiary/aromatic N) is 3. The second-order valence-corrected chi connectivity index (χ2v) is 7.79. The van der Waals surface area contributed by atoms with Crippen LogP contribution < -0.4 is 14.8 Å². The number of rotatable bonds is 5. The minimum atomic E-state index is -0.381. The lowest BCUT2D eigenvalue weighted by atomic mass is 10.1. The lowest BCUT2D eigenvalue weighted by Crippen LogP contribution is -2.35. The Bertz CT molecular complexity index is 1110. The van der Waals surface area contributed by atoms with Gasteiger partial charge in [0.15, 0.2) is 10.8 Å². The number of anilines is 1. The Morgan fingerprint density at radius 2 is 2.07 bits per heavy atom. The van der Waals surface area contributed by atoms with Crippen LogP contribution in [0, 0.1) is 6.92 Å². The summed E-state index contributed by atoms with van der Waals surface area (Å²) in [6, 6.07) is 6.69. The van der Waals surface area contributed by atoms with Gasteiger partial charge in [-0.25, -0.2) is 4.98 Å². The van der Waals surface area contributed by atoms with E-state index in [1.807, 2.05) is 0 Å². The molecule has 9 nitrogen and oxygen atoms in total. The van der Waals surface area contributed by atoms with E-state index in [9.17, 15) is 9.59 Å². The molecule has 0 saturated heterocycles. The minimum Gasteiger partial charge on any atom is -0.497 e. The van der Waals surface area contributed by atoms with Crippen LogP contribution in [0.25, 0.3) is 0 Å². The molecule has 1 aromatic carbocycles. The smallest absolute Gasteiger partial charge is 0.279 e. The molecule has 0 saturated carbocycles. The van der Waals surface area contributed by atoms with Crippen molar-refractivity contribution in [3.63, 3.8) is 0 Å². The predicted octanol–water partition coefficient (Wildman–Crippen LogP) is 2.91. The first kappa shape index (κ1) is 19.9. The Kier molecular flexibility index (Phi) is 5.40. The van der Waals surface area contributed by atoms with Crippen molar-refractivity contribution in [3.8, 4) is 11.5 Å². The van der Waals surface area contributed by atoms with Crippen LogP contribution in [0.4, 0.5) is 5.13 Å². The molecule has 2 aromatic heterocycles. The highest BCUT2D eigenvalue weighted by Crippen LogP contribution is 2.31. The third-order valence-electron chi connectivity index (χ3n) is 4.74. The summed E-state index contributed by atoms with van der Waals surface area (Å²) in [5.74, 6) is 1.13. The van der Waals surface area contributed by atoms with Crippen LogP contribution in [0.3, 0.4) is 0 Å². The number of aryl methyl sites for hydroxylation is 1. The molecule has 0 atom stereocenters. The standard InChI is InChI=1S/C20H20N4O5S/c1-11-8-15(23-29-11)18(25)22-20-21-14-6-7-24(10-17(14)30-20)19(26)13-5-4-12(27-2)9-16(13)28-3/h4-5,8-9H,6-7,10H2,1-3H3,(H,21,22,25). The van der Waals surface area contributed by atoms with E-state index in [2.05, 4.69) is 15.5 Å². The average molecular weight is 428 g/mol. The summed E-state index contributed by atoms with van der Waals surface area (Å²) >= 11 is 1.35. The number of benzene rings is 1. The van der Waals surface area contributed by atoms with Crippen LogP contribution in [-0.2, 0) is 13.0 Å². The van der Waals surface area contributed by atoms with Gasteiger partial charge in [-0.05, 0) is 19.1 Å². The fourth-order valence-corrected chi connectivity index (χ4v) is 4.22. The SMILES string of the molecule is COc1ccc(C(=O)N2CCc3nc(NC(=O)c4cc(C)on4)sc3C2)c(OC)c1. The molecule has 30 heavy (non-hydrogen) atoms. The number of fused-ring (bicyclic) bond motifs is 1. The lowest BCUT2D eigenvalue weighted by molar-refractivity contribution is 0.0732. The van der Waals surface area contributed by atoms with E-state index in [-0.39, 0.29) is 17.5 Å². The predicted molar refractivity (Wildman–Crippen MR) is 109 cm³/mol. The molecule has 0 aliphatic carbocycles. The summed E-state index contributed by atoms with van der Waals surface area (Å²) in [4.78, 5) is 32.5. The molecule has 3 heterocycles. The number of thiazole rings is 1. The number of aromatic nitrogens is 2. The quantitative estimate of drug-likeness (QED) is 0.666. The number of hydrogen-bond donors (Lipinski definition) is 1. The van der Waals surface area contributed by atoms with Crippen LogP contribution in [0.15, 0.2) is 28.8 Å². The maximum atomic E-state index is 13.1. The zero-order chi connectivity index (χ0) is 21.3. The van der Waals surface area contributed by atoms with Gasteiger partial charge in [-0.3, -0.25) is 14.9 Å². The summed E-state index contributed by atoms with van der Waals surface area (Å²) in [5.41, 5.74) is 1.56. The minimum absolute atomic E-state index is 0.128. The van der Waals surface area contributed by atoms with Crippen molar-refractivity contribution in [2.75, 3.05) is 26.1 Å². The topological polar surface area (TPSA) is 107 Å². The summed E-state index contributed by atoms with van der Waals surface area (Å²) < 4.78 is 15.5. The van der Waals surface area contributed by atoms with E-state index in [1.54, 1.807) is 43.2 Å². The fourth-order valence-electron chi connectivity index (χ4n) is 3.20. The molecule has 2 amide bonds. The molecule has 1 aliphatic rings. The molecule has 10 heteroatoms. The van der Waals surface area contributed by atoms with Gasteiger partial charge in [0.25, 0.3) is 11.8 Å². The zero-order valence-corrected chi connectivity index (χ0v) is 17.5. The van der Waals surface area contributed by atoms with Gasteiger partial charge in [0, 0.05) is 30.0 Å². The van der Waals surface area contributed by atoms with Gasteiger partial charge in [0.2, 0.25) is 0 Å². The molecule has 0 spiro atoms. The van der Waals surface area contributed by atoms with E-state index in [4.69, 9.17) is 14.0 Å². The van der Waals surface area contributed by atoms with Gasteiger partial charge in [-0.2, -0.15) is 0 Å². The Morgan fingerprint density at radius 3 is 2.77 bits per heavy atom. The van der Waals surface area contributed by atoms with Crippen LogP contribution in [0.1, 0.15) is 37.2 Å². The molecular formula is C20H20N4O5S. The molecule has 0 radical (unpaired) electrons. The van der Waals surface area contributed by atoms with E-state index in [0.717, 1.165) is 10.6 Å². The molecule has 0 bridgehead atoms. The number of methoxy groups -OCH3 is 2. The second kappa shape index (κ2) is 8.15.